The van der Waals surface area contributed by atoms with Gasteiger partial charge in [-0.15, -0.1) is 11.3 Å². The average molecular weight is 233 g/mol. The van der Waals surface area contributed by atoms with Gasteiger partial charge < -0.3 is 10.4 Å². The van der Waals surface area contributed by atoms with Crippen molar-refractivity contribution in [1.29, 1.82) is 0 Å². The quantitative estimate of drug-likeness (QED) is 0.832. The molecule has 0 saturated carbocycles. The van der Waals surface area contributed by atoms with Crippen molar-refractivity contribution in [2.75, 3.05) is 6.61 Å². The predicted octanol–water partition coefficient (Wildman–Crippen LogP) is 2.57. The summed E-state index contributed by atoms with van der Waals surface area (Å²) in [6.07, 6.45) is 0. The molecular weight excluding hydrogens is 218 g/mol. The Kier molecular flexibility index (Phi) is 4.10. The molecule has 84 valence electrons. The fourth-order valence-electron chi connectivity index (χ4n) is 1.61. The molecule has 16 heavy (non-hydrogen) atoms. The maximum Gasteiger partial charge on any atom is 0.0626 e. The minimum absolute atomic E-state index is 0.0169. The zero-order chi connectivity index (χ0) is 11.2. The Bertz CT molecular complexity index is 399. The van der Waals surface area contributed by atoms with Crippen LogP contribution in [0.3, 0.4) is 0 Å². The molecule has 0 aliphatic rings. The molecular formula is C13H15NOS. The lowest BCUT2D eigenvalue weighted by Crippen LogP contribution is -2.23. The first-order valence-electron chi connectivity index (χ1n) is 5.31. The highest BCUT2D eigenvalue weighted by atomic mass is 32.1. The van der Waals surface area contributed by atoms with Gasteiger partial charge in [-0.3, -0.25) is 0 Å². The van der Waals surface area contributed by atoms with Crippen LogP contribution in [0, 0.1) is 0 Å². The maximum absolute atomic E-state index is 9.35. The van der Waals surface area contributed by atoms with Crippen LogP contribution in [0.25, 0.3) is 0 Å². The molecule has 2 N–H and O–H groups in total. The number of thiophene rings is 1. The van der Waals surface area contributed by atoms with Gasteiger partial charge in [0, 0.05) is 11.4 Å². The van der Waals surface area contributed by atoms with Gasteiger partial charge in [-0.25, -0.2) is 0 Å². The van der Waals surface area contributed by atoms with Crippen molar-refractivity contribution in [3.63, 3.8) is 0 Å². The Balaban J connectivity index is 1.96. The molecule has 2 aromatic rings. The van der Waals surface area contributed by atoms with E-state index in [-0.39, 0.29) is 12.6 Å². The Morgan fingerprint density at radius 2 is 1.94 bits per heavy atom. The van der Waals surface area contributed by atoms with Crippen LogP contribution in [-0.2, 0) is 6.54 Å². The highest BCUT2D eigenvalue weighted by Gasteiger charge is 2.08. The summed E-state index contributed by atoms with van der Waals surface area (Å²) in [5, 5.41) is 14.8. The average Bonchev–Trinajstić information content (AvgIpc) is 2.84. The fraction of sp³-hybridized carbons (Fsp3) is 0.231. The molecule has 1 aromatic heterocycles. The van der Waals surface area contributed by atoms with E-state index in [1.165, 1.54) is 4.88 Å². The molecule has 1 aromatic carbocycles. The van der Waals surface area contributed by atoms with Crippen LogP contribution < -0.4 is 5.32 Å². The van der Waals surface area contributed by atoms with Gasteiger partial charge in [0.05, 0.1) is 12.6 Å². The van der Waals surface area contributed by atoms with Crippen molar-refractivity contribution in [2.45, 2.75) is 12.6 Å². The van der Waals surface area contributed by atoms with Gasteiger partial charge in [-0.05, 0) is 17.0 Å². The number of nitrogens with one attached hydrogen (secondary N) is 1. The summed E-state index contributed by atoms with van der Waals surface area (Å²) < 4.78 is 0. The first kappa shape index (κ1) is 11.3. The molecule has 2 nitrogen and oxygen atoms in total. The second-order valence-electron chi connectivity index (χ2n) is 3.61. The standard InChI is InChI=1S/C13H15NOS/c15-10-13(11-5-2-1-3-6-11)14-9-12-7-4-8-16-12/h1-8,13-15H,9-10H2/t13-/m1/s1. The third-order valence-electron chi connectivity index (χ3n) is 2.49. The van der Waals surface area contributed by atoms with E-state index in [4.69, 9.17) is 0 Å². The molecule has 0 unspecified atom stereocenters. The zero-order valence-electron chi connectivity index (χ0n) is 8.97. The minimum atomic E-state index is 0.0169. The summed E-state index contributed by atoms with van der Waals surface area (Å²) in [6, 6.07) is 14.2. The van der Waals surface area contributed by atoms with Crippen LogP contribution in [0.1, 0.15) is 16.5 Å². The monoisotopic (exact) mass is 233 g/mol. The second-order valence-corrected chi connectivity index (χ2v) is 4.64. The van der Waals surface area contributed by atoms with E-state index in [2.05, 4.69) is 16.8 Å². The number of rotatable bonds is 5. The van der Waals surface area contributed by atoms with Gasteiger partial charge in [0.25, 0.3) is 0 Å². The fourth-order valence-corrected chi connectivity index (χ4v) is 2.27. The first-order chi connectivity index (χ1) is 7.90. The molecule has 3 heteroatoms. The molecule has 0 aliphatic heterocycles. The Hall–Kier alpha value is -1.16. The largest absolute Gasteiger partial charge is 0.394 e. The molecule has 0 saturated heterocycles. The highest BCUT2D eigenvalue weighted by Crippen LogP contribution is 2.14. The van der Waals surface area contributed by atoms with Crippen LogP contribution in [-0.4, -0.2) is 11.7 Å². The van der Waals surface area contributed by atoms with Gasteiger partial charge in [0.2, 0.25) is 0 Å². The van der Waals surface area contributed by atoms with E-state index >= 15 is 0 Å². The predicted molar refractivity (Wildman–Crippen MR) is 67.4 cm³/mol. The molecule has 0 fully saturated rings. The molecule has 0 aliphatic carbocycles. The number of benzene rings is 1. The van der Waals surface area contributed by atoms with Crippen molar-refractivity contribution in [2.24, 2.45) is 0 Å². The molecule has 1 atom stereocenters. The Labute approximate surface area is 99.6 Å². The summed E-state index contributed by atoms with van der Waals surface area (Å²) in [6.45, 7) is 0.924. The molecule has 0 spiro atoms. The molecule has 0 bridgehead atoms. The molecule has 2 rings (SSSR count). The SMILES string of the molecule is OC[C@@H](NCc1cccs1)c1ccccc1. The number of hydrogen-bond acceptors (Lipinski definition) is 3. The summed E-state index contributed by atoms with van der Waals surface area (Å²) in [5.74, 6) is 0. The molecule has 0 radical (unpaired) electrons. The Morgan fingerprint density at radius 3 is 2.56 bits per heavy atom. The van der Waals surface area contributed by atoms with Crippen LogP contribution in [0.15, 0.2) is 47.8 Å². The van der Waals surface area contributed by atoms with Crippen LogP contribution >= 0.6 is 11.3 Å². The second kappa shape index (κ2) is 5.80. The van der Waals surface area contributed by atoms with E-state index in [1.54, 1.807) is 11.3 Å². The number of hydrogen-bond donors (Lipinski definition) is 2. The highest BCUT2D eigenvalue weighted by molar-refractivity contribution is 7.09. The molecule has 0 amide bonds. The smallest absolute Gasteiger partial charge is 0.0626 e. The third-order valence-corrected chi connectivity index (χ3v) is 3.36. The summed E-state index contributed by atoms with van der Waals surface area (Å²) >= 11 is 1.73. The van der Waals surface area contributed by atoms with Gasteiger partial charge in [-0.1, -0.05) is 36.4 Å². The van der Waals surface area contributed by atoms with Crippen molar-refractivity contribution >= 4 is 11.3 Å². The van der Waals surface area contributed by atoms with Gasteiger partial charge in [-0.2, -0.15) is 0 Å². The topological polar surface area (TPSA) is 32.3 Å². The lowest BCUT2D eigenvalue weighted by atomic mass is 10.1. The summed E-state index contributed by atoms with van der Waals surface area (Å²) in [7, 11) is 0. The van der Waals surface area contributed by atoms with Crippen LogP contribution in [0.5, 0.6) is 0 Å². The summed E-state index contributed by atoms with van der Waals surface area (Å²) in [4.78, 5) is 1.29. The lowest BCUT2D eigenvalue weighted by Gasteiger charge is -2.15. The van der Waals surface area contributed by atoms with E-state index < -0.39 is 0 Å². The lowest BCUT2D eigenvalue weighted by molar-refractivity contribution is 0.244. The van der Waals surface area contributed by atoms with Crippen molar-refractivity contribution in [3.8, 4) is 0 Å². The van der Waals surface area contributed by atoms with Crippen molar-refractivity contribution in [1.82, 2.24) is 5.32 Å². The van der Waals surface area contributed by atoms with E-state index in [9.17, 15) is 5.11 Å². The minimum Gasteiger partial charge on any atom is -0.394 e. The number of aliphatic hydroxyl groups is 1. The van der Waals surface area contributed by atoms with E-state index in [0.717, 1.165) is 12.1 Å². The third kappa shape index (κ3) is 2.92. The van der Waals surface area contributed by atoms with Crippen molar-refractivity contribution < 1.29 is 5.11 Å². The first-order valence-corrected chi connectivity index (χ1v) is 6.19. The van der Waals surface area contributed by atoms with Crippen molar-refractivity contribution in [3.05, 3.63) is 58.3 Å². The van der Waals surface area contributed by atoms with Gasteiger partial charge >= 0.3 is 0 Å². The maximum atomic E-state index is 9.35. The van der Waals surface area contributed by atoms with Gasteiger partial charge in [0.1, 0.15) is 0 Å². The van der Waals surface area contributed by atoms with E-state index in [0.29, 0.717) is 0 Å². The Morgan fingerprint density at radius 1 is 1.12 bits per heavy atom. The number of aliphatic hydroxyl groups excluding tert-OH is 1. The zero-order valence-corrected chi connectivity index (χ0v) is 9.78. The normalized spacial score (nSPS) is 12.6. The van der Waals surface area contributed by atoms with Crippen LogP contribution in [0.4, 0.5) is 0 Å². The van der Waals surface area contributed by atoms with E-state index in [1.807, 2.05) is 36.4 Å². The summed E-state index contributed by atoms with van der Waals surface area (Å²) in [5.41, 5.74) is 1.13. The van der Waals surface area contributed by atoms with Gasteiger partial charge in [0.15, 0.2) is 0 Å². The van der Waals surface area contributed by atoms with Crippen LogP contribution in [0.2, 0.25) is 0 Å². The molecule has 1 heterocycles.